The molecule has 1 saturated carbocycles. The van der Waals surface area contributed by atoms with E-state index in [0.29, 0.717) is 28.6 Å². The summed E-state index contributed by atoms with van der Waals surface area (Å²) in [5, 5.41) is 20.3. The SMILES string of the molecule is CC(C)(C)C1CCN(C(=O)Nc2ccc(C(=O)NC3CCCC3)c(-c3nn[nH]n3)c2)CC1. The van der Waals surface area contributed by atoms with Crippen molar-refractivity contribution in [3.63, 3.8) is 0 Å². The van der Waals surface area contributed by atoms with Crippen LogP contribution in [0, 0.1) is 11.3 Å². The van der Waals surface area contributed by atoms with Crippen molar-refractivity contribution in [2.45, 2.75) is 65.3 Å². The minimum absolute atomic E-state index is 0.125. The Bertz CT molecular complexity index is 938. The molecule has 9 heteroatoms. The van der Waals surface area contributed by atoms with Gasteiger partial charge in [0, 0.05) is 30.4 Å². The van der Waals surface area contributed by atoms with Crippen LogP contribution in [0.2, 0.25) is 0 Å². The van der Waals surface area contributed by atoms with E-state index in [9.17, 15) is 9.59 Å². The van der Waals surface area contributed by atoms with Gasteiger partial charge in [0.05, 0.1) is 5.56 Å². The van der Waals surface area contributed by atoms with Crippen LogP contribution in [0.1, 0.15) is 69.7 Å². The molecule has 2 heterocycles. The first-order valence-corrected chi connectivity index (χ1v) is 11.6. The molecule has 2 fully saturated rings. The first-order valence-electron chi connectivity index (χ1n) is 11.6. The second-order valence-electron chi connectivity index (χ2n) is 10.0. The standard InChI is InChI=1S/C23H33N7O2/c1-23(2,3)15-10-12-30(13-11-15)22(32)25-17-8-9-18(19(14-17)20-26-28-29-27-20)21(31)24-16-6-4-5-7-16/h8-9,14-16H,4-7,10-13H2,1-3H3,(H,24,31)(H,25,32)(H,26,27,28,29). The number of nitrogens with one attached hydrogen (secondary N) is 3. The van der Waals surface area contributed by atoms with E-state index in [1.165, 1.54) is 0 Å². The Morgan fingerprint density at radius 1 is 1.09 bits per heavy atom. The number of hydrogen-bond acceptors (Lipinski definition) is 5. The summed E-state index contributed by atoms with van der Waals surface area (Å²) in [5.41, 5.74) is 1.88. The monoisotopic (exact) mass is 439 g/mol. The Kier molecular flexibility index (Phi) is 6.43. The van der Waals surface area contributed by atoms with Gasteiger partial charge < -0.3 is 15.5 Å². The number of amides is 3. The summed E-state index contributed by atoms with van der Waals surface area (Å²) in [6, 6.07) is 5.30. The number of anilines is 1. The van der Waals surface area contributed by atoms with E-state index in [2.05, 4.69) is 52.0 Å². The molecular formula is C23H33N7O2. The Morgan fingerprint density at radius 2 is 1.81 bits per heavy atom. The van der Waals surface area contributed by atoms with Gasteiger partial charge in [-0.3, -0.25) is 4.79 Å². The highest BCUT2D eigenvalue weighted by atomic mass is 16.2. The Labute approximate surface area is 188 Å². The number of aromatic amines is 1. The van der Waals surface area contributed by atoms with Crippen molar-refractivity contribution >= 4 is 17.6 Å². The maximum atomic E-state index is 12.9. The maximum Gasteiger partial charge on any atom is 0.321 e. The minimum atomic E-state index is -0.154. The van der Waals surface area contributed by atoms with Gasteiger partial charge >= 0.3 is 6.03 Å². The molecule has 0 atom stereocenters. The minimum Gasteiger partial charge on any atom is -0.349 e. The normalized spacial score (nSPS) is 18.0. The quantitative estimate of drug-likeness (QED) is 0.669. The van der Waals surface area contributed by atoms with E-state index in [-0.39, 0.29) is 23.4 Å². The van der Waals surface area contributed by atoms with Gasteiger partial charge in [-0.05, 0) is 60.4 Å². The average molecular weight is 440 g/mol. The molecule has 2 aliphatic rings. The van der Waals surface area contributed by atoms with E-state index in [4.69, 9.17) is 0 Å². The molecule has 32 heavy (non-hydrogen) atoms. The number of carbonyl (C=O) groups excluding carboxylic acids is 2. The zero-order valence-corrected chi connectivity index (χ0v) is 19.1. The van der Waals surface area contributed by atoms with E-state index in [1.807, 2.05) is 4.90 Å². The summed E-state index contributed by atoms with van der Waals surface area (Å²) in [6.45, 7) is 8.27. The van der Waals surface area contributed by atoms with Gasteiger partial charge in [-0.15, -0.1) is 10.2 Å². The van der Waals surface area contributed by atoms with Crippen LogP contribution >= 0.6 is 0 Å². The summed E-state index contributed by atoms with van der Waals surface area (Å²) < 4.78 is 0. The molecule has 1 aliphatic heterocycles. The average Bonchev–Trinajstić information content (AvgIpc) is 3.47. The molecule has 4 rings (SSSR count). The number of likely N-dealkylation sites (tertiary alicyclic amines) is 1. The van der Waals surface area contributed by atoms with Crippen molar-refractivity contribution in [3.05, 3.63) is 23.8 Å². The molecule has 0 spiro atoms. The molecule has 1 aromatic heterocycles. The lowest BCUT2D eigenvalue weighted by Gasteiger charge is -2.38. The number of hydrogen-bond donors (Lipinski definition) is 3. The van der Waals surface area contributed by atoms with Crippen molar-refractivity contribution in [2.75, 3.05) is 18.4 Å². The number of aromatic nitrogens is 4. The largest absolute Gasteiger partial charge is 0.349 e. The van der Waals surface area contributed by atoms with Crippen LogP contribution in [0.3, 0.4) is 0 Å². The number of tetrazole rings is 1. The number of piperidine rings is 1. The lowest BCUT2D eigenvalue weighted by Crippen LogP contribution is -2.43. The highest BCUT2D eigenvalue weighted by Gasteiger charge is 2.30. The highest BCUT2D eigenvalue weighted by Crippen LogP contribution is 2.34. The molecule has 172 valence electrons. The Balaban J connectivity index is 1.47. The van der Waals surface area contributed by atoms with E-state index >= 15 is 0 Å². The molecule has 1 aliphatic carbocycles. The number of nitrogens with zero attached hydrogens (tertiary/aromatic N) is 4. The predicted molar refractivity (Wildman–Crippen MR) is 122 cm³/mol. The number of H-pyrrole nitrogens is 1. The third-order valence-corrected chi connectivity index (χ3v) is 6.80. The third kappa shape index (κ3) is 5.08. The van der Waals surface area contributed by atoms with E-state index < -0.39 is 0 Å². The molecule has 2 aromatic rings. The lowest BCUT2D eigenvalue weighted by atomic mass is 9.75. The zero-order valence-electron chi connectivity index (χ0n) is 19.1. The van der Waals surface area contributed by atoms with Crippen molar-refractivity contribution in [2.24, 2.45) is 11.3 Å². The zero-order chi connectivity index (χ0) is 22.7. The Hall–Kier alpha value is -2.97. The fourth-order valence-electron chi connectivity index (χ4n) is 4.77. The van der Waals surface area contributed by atoms with Gasteiger partial charge in [0.2, 0.25) is 5.82 Å². The van der Waals surface area contributed by atoms with Crippen LogP contribution in [0.4, 0.5) is 10.5 Å². The summed E-state index contributed by atoms with van der Waals surface area (Å²) >= 11 is 0. The van der Waals surface area contributed by atoms with Gasteiger partial charge in [0.1, 0.15) is 0 Å². The van der Waals surface area contributed by atoms with Gasteiger partial charge in [-0.25, -0.2) is 4.79 Å². The van der Waals surface area contributed by atoms with Crippen LogP contribution in [-0.4, -0.2) is 56.6 Å². The fraction of sp³-hybridized carbons (Fsp3) is 0.609. The van der Waals surface area contributed by atoms with Gasteiger partial charge in [0.25, 0.3) is 5.91 Å². The molecule has 0 bridgehead atoms. The smallest absolute Gasteiger partial charge is 0.321 e. The molecule has 0 radical (unpaired) electrons. The van der Waals surface area contributed by atoms with E-state index in [1.54, 1.807) is 18.2 Å². The van der Waals surface area contributed by atoms with Gasteiger partial charge in [-0.1, -0.05) is 33.6 Å². The van der Waals surface area contributed by atoms with Crippen molar-refractivity contribution < 1.29 is 9.59 Å². The van der Waals surface area contributed by atoms with Crippen LogP contribution in [0.15, 0.2) is 18.2 Å². The fourth-order valence-corrected chi connectivity index (χ4v) is 4.77. The van der Waals surface area contributed by atoms with E-state index in [0.717, 1.165) is 51.6 Å². The third-order valence-electron chi connectivity index (χ3n) is 6.80. The van der Waals surface area contributed by atoms with Crippen molar-refractivity contribution in [1.82, 2.24) is 30.8 Å². The molecule has 9 nitrogen and oxygen atoms in total. The molecule has 1 aromatic carbocycles. The summed E-state index contributed by atoms with van der Waals surface area (Å²) in [5.74, 6) is 0.788. The molecule has 3 amide bonds. The lowest BCUT2D eigenvalue weighted by molar-refractivity contribution is 0.0938. The molecule has 0 unspecified atom stereocenters. The summed E-state index contributed by atoms with van der Waals surface area (Å²) in [6.07, 6.45) is 6.30. The van der Waals surface area contributed by atoms with Crippen LogP contribution in [0.25, 0.3) is 11.4 Å². The molecule has 1 saturated heterocycles. The Morgan fingerprint density at radius 3 is 2.44 bits per heavy atom. The van der Waals surface area contributed by atoms with Crippen LogP contribution in [-0.2, 0) is 0 Å². The number of rotatable bonds is 4. The van der Waals surface area contributed by atoms with Crippen LogP contribution < -0.4 is 10.6 Å². The van der Waals surface area contributed by atoms with Crippen molar-refractivity contribution in [3.8, 4) is 11.4 Å². The first-order chi connectivity index (χ1) is 15.3. The second kappa shape index (κ2) is 9.26. The van der Waals surface area contributed by atoms with Crippen LogP contribution in [0.5, 0.6) is 0 Å². The number of urea groups is 1. The first kappa shape index (κ1) is 22.2. The second-order valence-corrected chi connectivity index (χ2v) is 10.0. The predicted octanol–water partition coefficient (Wildman–Crippen LogP) is 3.83. The number of carbonyl (C=O) groups is 2. The summed E-state index contributed by atoms with van der Waals surface area (Å²) in [7, 11) is 0. The van der Waals surface area contributed by atoms with Gasteiger partial charge in [0.15, 0.2) is 0 Å². The molecule has 3 N–H and O–H groups in total. The molecular weight excluding hydrogens is 406 g/mol. The van der Waals surface area contributed by atoms with Gasteiger partial charge in [-0.2, -0.15) is 5.21 Å². The topological polar surface area (TPSA) is 116 Å². The summed E-state index contributed by atoms with van der Waals surface area (Å²) in [4.78, 5) is 27.6. The highest BCUT2D eigenvalue weighted by molar-refractivity contribution is 6.01. The van der Waals surface area contributed by atoms with Crippen molar-refractivity contribution in [1.29, 1.82) is 0 Å². The number of benzene rings is 1. The maximum absolute atomic E-state index is 12.9.